The van der Waals surface area contributed by atoms with Crippen LogP contribution in [-0.2, 0) is 16.0 Å². The summed E-state index contributed by atoms with van der Waals surface area (Å²) in [5.74, 6) is 0.131. The number of hydrogen-bond acceptors (Lipinski definition) is 3. The van der Waals surface area contributed by atoms with Crippen LogP contribution < -0.4 is 10.6 Å². The van der Waals surface area contributed by atoms with Gasteiger partial charge in [-0.15, -0.1) is 0 Å². The van der Waals surface area contributed by atoms with Gasteiger partial charge in [0.05, 0.1) is 6.10 Å². The van der Waals surface area contributed by atoms with Gasteiger partial charge in [-0.1, -0.05) is 12.1 Å². The van der Waals surface area contributed by atoms with E-state index in [1.165, 1.54) is 24.0 Å². The first kappa shape index (κ1) is 14.5. The molecule has 114 valence electrons. The van der Waals surface area contributed by atoms with Crippen LogP contribution in [0.3, 0.4) is 0 Å². The summed E-state index contributed by atoms with van der Waals surface area (Å²) in [4.78, 5) is 11.6. The maximum atomic E-state index is 11.6. The first-order chi connectivity index (χ1) is 10.3. The van der Waals surface area contributed by atoms with E-state index in [0.29, 0.717) is 18.6 Å². The van der Waals surface area contributed by atoms with Gasteiger partial charge in [-0.2, -0.15) is 0 Å². The number of aryl methyl sites for hydroxylation is 1. The van der Waals surface area contributed by atoms with Gasteiger partial charge in [0.1, 0.15) is 0 Å². The maximum absolute atomic E-state index is 11.6. The summed E-state index contributed by atoms with van der Waals surface area (Å²) in [5, 5.41) is 6.40. The van der Waals surface area contributed by atoms with Crippen molar-refractivity contribution in [1.82, 2.24) is 5.32 Å². The highest BCUT2D eigenvalue weighted by Gasteiger charge is 2.22. The number of carbonyl (C=O) groups excluding carboxylic acids is 1. The molecule has 1 fully saturated rings. The van der Waals surface area contributed by atoms with Gasteiger partial charge < -0.3 is 15.4 Å². The number of benzene rings is 1. The Balaban J connectivity index is 1.77. The van der Waals surface area contributed by atoms with Crippen LogP contribution in [0.2, 0.25) is 0 Å². The highest BCUT2D eigenvalue weighted by Crippen LogP contribution is 2.29. The lowest BCUT2D eigenvalue weighted by Gasteiger charge is -2.21. The van der Waals surface area contributed by atoms with Crippen molar-refractivity contribution in [2.45, 2.75) is 50.7 Å². The summed E-state index contributed by atoms with van der Waals surface area (Å²) in [5.41, 5.74) is 3.53. The number of fused-ring (bicyclic) bond motifs is 1. The Morgan fingerprint density at radius 3 is 3.05 bits per heavy atom. The Bertz CT molecular complexity index is 510. The van der Waals surface area contributed by atoms with Gasteiger partial charge in [-0.3, -0.25) is 4.79 Å². The number of ether oxygens (including phenoxy) is 1. The second-order valence-electron chi connectivity index (χ2n) is 6.03. The van der Waals surface area contributed by atoms with Crippen LogP contribution in [-0.4, -0.2) is 25.7 Å². The molecule has 4 nitrogen and oxygen atoms in total. The second-order valence-corrected chi connectivity index (χ2v) is 6.03. The predicted octanol–water partition coefficient (Wildman–Crippen LogP) is 2.79. The molecule has 2 unspecified atom stereocenters. The van der Waals surface area contributed by atoms with Crippen LogP contribution in [0.1, 0.15) is 49.3 Å². The molecule has 21 heavy (non-hydrogen) atoms. The summed E-state index contributed by atoms with van der Waals surface area (Å²) in [7, 11) is 2.01. The summed E-state index contributed by atoms with van der Waals surface area (Å²) in [6.45, 7) is 0.900. The van der Waals surface area contributed by atoms with Crippen LogP contribution in [0.5, 0.6) is 0 Å². The van der Waals surface area contributed by atoms with Crippen LogP contribution in [0.25, 0.3) is 0 Å². The normalized spacial score (nSPS) is 23.3. The number of nitrogens with one attached hydrogen (secondary N) is 2. The molecule has 0 radical (unpaired) electrons. The van der Waals surface area contributed by atoms with Gasteiger partial charge in [-0.25, -0.2) is 0 Å². The fraction of sp³-hybridized carbons (Fsp3) is 0.588. The first-order valence-corrected chi connectivity index (χ1v) is 7.98. The van der Waals surface area contributed by atoms with Gasteiger partial charge in [0, 0.05) is 24.8 Å². The number of anilines is 1. The van der Waals surface area contributed by atoms with E-state index in [1.54, 1.807) is 0 Å². The van der Waals surface area contributed by atoms with Crippen molar-refractivity contribution < 1.29 is 9.53 Å². The lowest BCUT2D eigenvalue weighted by Crippen LogP contribution is -2.22. The average molecular weight is 288 g/mol. The van der Waals surface area contributed by atoms with Crippen molar-refractivity contribution in [3.05, 3.63) is 29.3 Å². The molecule has 0 aromatic heterocycles. The Morgan fingerprint density at radius 2 is 2.29 bits per heavy atom. The lowest BCUT2D eigenvalue weighted by atomic mass is 9.96. The van der Waals surface area contributed by atoms with Gasteiger partial charge in [0.15, 0.2) is 0 Å². The third-order valence-corrected chi connectivity index (χ3v) is 4.53. The smallest absolute Gasteiger partial charge is 0.224 e. The molecule has 2 aliphatic heterocycles. The highest BCUT2D eigenvalue weighted by molar-refractivity contribution is 5.92. The Labute approximate surface area is 126 Å². The zero-order chi connectivity index (χ0) is 14.7. The fourth-order valence-corrected chi connectivity index (χ4v) is 3.32. The van der Waals surface area contributed by atoms with Gasteiger partial charge in [-0.05, 0) is 56.3 Å². The minimum atomic E-state index is 0.131. The summed E-state index contributed by atoms with van der Waals surface area (Å²) >= 11 is 0. The summed E-state index contributed by atoms with van der Waals surface area (Å²) < 4.78 is 5.76. The Morgan fingerprint density at radius 1 is 1.38 bits per heavy atom. The quantitative estimate of drug-likeness (QED) is 0.895. The molecule has 0 saturated carbocycles. The van der Waals surface area contributed by atoms with E-state index in [9.17, 15) is 4.79 Å². The van der Waals surface area contributed by atoms with Crippen LogP contribution in [0, 0.1) is 0 Å². The highest BCUT2D eigenvalue weighted by atomic mass is 16.5. The number of rotatable bonds is 4. The van der Waals surface area contributed by atoms with Gasteiger partial charge in [0.2, 0.25) is 5.91 Å². The lowest BCUT2D eigenvalue weighted by molar-refractivity contribution is -0.116. The molecular weight excluding hydrogens is 264 g/mol. The first-order valence-electron chi connectivity index (χ1n) is 7.98. The van der Waals surface area contributed by atoms with E-state index in [0.717, 1.165) is 31.6 Å². The third-order valence-electron chi connectivity index (χ3n) is 4.53. The van der Waals surface area contributed by atoms with Crippen LogP contribution in [0.4, 0.5) is 5.69 Å². The van der Waals surface area contributed by atoms with Crippen LogP contribution in [0.15, 0.2) is 18.2 Å². The molecule has 1 aromatic rings. The molecule has 0 bridgehead atoms. The number of amides is 1. The van der Waals surface area contributed by atoms with E-state index >= 15 is 0 Å². The number of hydrogen-bond donors (Lipinski definition) is 2. The second kappa shape index (κ2) is 6.58. The zero-order valence-corrected chi connectivity index (χ0v) is 12.7. The molecule has 2 heterocycles. The van der Waals surface area contributed by atoms with Gasteiger partial charge in [0.25, 0.3) is 0 Å². The molecule has 4 heteroatoms. The summed E-state index contributed by atoms with van der Waals surface area (Å²) in [6.07, 6.45) is 6.25. The van der Waals surface area contributed by atoms with E-state index < -0.39 is 0 Å². The molecule has 0 aliphatic carbocycles. The monoisotopic (exact) mass is 288 g/mol. The van der Waals surface area contributed by atoms with Crippen molar-refractivity contribution in [3.8, 4) is 0 Å². The minimum Gasteiger partial charge on any atom is -0.378 e. The number of carbonyl (C=O) groups is 1. The molecule has 2 aliphatic rings. The minimum absolute atomic E-state index is 0.131. The van der Waals surface area contributed by atoms with E-state index in [2.05, 4.69) is 22.8 Å². The Kier molecular flexibility index (Phi) is 4.56. The van der Waals surface area contributed by atoms with Crippen molar-refractivity contribution in [1.29, 1.82) is 0 Å². The van der Waals surface area contributed by atoms with E-state index in [-0.39, 0.29) is 5.91 Å². The molecule has 1 saturated heterocycles. The van der Waals surface area contributed by atoms with E-state index in [1.807, 2.05) is 13.1 Å². The molecule has 2 atom stereocenters. The summed E-state index contributed by atoms with van der Waals surface area (Å²) in [6, 6.07) is 6.74. The molecule has 0 spiro atoms. The maximum Gasteiger partial charge on any atom is 0.224 e. The van der Waals surface area contributed by atoms with Crippen molar-refractivity contribution >= 4 is 11.6 Å². The van der Waals surface area contributed by atoms with Crippen molar-refractivity contribution in [3.63, 3.8) is 0 Å². The van der Waals surface area contributed by atoms with Gasteiger partial charge >= 0.3 is 0 Å². The topological polar surface area (TPSA) is 50.4 Å². The molecule has 1 aromatic carbocycles. The van der Waals surface area contributed by atoms with Crippen molar-refractivity contribution in [2.24, 2.45) is 0 Å². The molecule has 3 rings (SSSR count). The predicted molar refractivity (Wildman–Crippen MR) is 83.4 cm³/mol. The molecular formula is C17H24N2O2. The zero-order valence-electron chi connectivity index (χ0n) is 12.7. The fourth-order valence-electron chi connectivity index (χ4n) is 3.32. The van der Waals surface area contributed by atoms with E-state index in [4.69, 9.17) is 4.74 Å². The standard InChI is InChI=1S/C17H24N2O2/c1-18-16(11-14-5-3-9-21-14)13-7-8-15-12(10-13)4-2-6-17(20)19-15/h7-8,10,14,16,18H,2-6,9,11H2,1H3,(H,19,20). The molecule has 2 N–H and O–H groups in total. The van der Waals surface area contributed by atoms with Crippen LogP contribution >= 0.6 is 0 Å². The SMILES string of the molecule is CNC(CC1CCCO1)c1ccc2c(c1)CCCC(=O)N2. The Hall–Kier alpha value is -1.39. The average Bonchev–Trinajstić information content (AvgIpc) is 2.92. The molecule has 1 amide bonds. The third kappa shape index (κ3) is 3.44. The largest absolute Gasteiger partial charge is 0.378 e. The van der Waals surface area contributed by atoms with Crippen molar-refractivity contribution in [2.75, 3.05) is 19.0 Å².